The molecule has 1 heterocycles. The maximum absolute atomic E-state index is 10.7. The Morgan fingerprint density at radius 3 is 2.78 bits per heavy atom. The molecule has 2 aromatic rings. The third kappa shape index (κ3) is 3.08. The van der Waals surface area contributed by atoms with Crippen molar-refractivity contribution < 1.29 is 4.92 Å². The molecular weight excluding hydrogens is 316 g/mol. The van der Waals surface area contributed by atoms with Gasteiger partial charge in [-0.3, -0.25) is 10.1 Å². The quantitative estimate of drug-likeness (QED) is 0.671. The fourth-order valence-electron chi connectivity index (χ4n) is 1.61. The Morgan fingerprint density at radius 1 is 1.44 bits per heavy atom. The number of nitro groups is 1. The smallest absolute Gasteiger partial charge is 0.272 e. The molecule has 18 heavy (non-hydrogen) atoms. The maximum atomic E-state index is 10.7. The van der Waals surface area contributed by atoms with Crippen LogP contribution in [0, 0.1) is 17.0 Å². The summed E-state index contributed by atoms with van der Waals surface area (Å²) in [6.45, 7) is 2.46. The standard InChI is InChI=1S/C12H11BrN2O2S/c1-8-4-10(2-3-12(8)15(16)17)14-6-11-5-9(13)7-18-11/h2-5,7,14H,6H2,1H3. The summed E-state index contributed by atoms with van der Waals surface area (Å²) in [6.07, 6.45) is 0. The van der Waals surface area contributed by atoms with Crippen LogP contribution >= 0.6 is 27.3 Å². The average molecular weight is 327 g/mol. The van der Waals surface area contributed by atoms with Crippen molar-refractivity contribution in [3.63, 3.8) is 0 Å². The lowest BCUT2D eigenvalue weighted by atomic mass is 10.2. The number of thiophene rings is 1. The van der Waals surface area contributed by atoms with Gasteiger partial charge in [0.1, 0.15) is 0 Å². The van der Waals surface area contributed by atoms with Gasteiger partial charge in [0.15, 0.2) is 0 Å². The lowest BCUT2D eigenvalue weighted by molar-refractivity contribution is -0.385. The Kier molecular flexibility index (Phi) is 3.98. The highest BCUT2D eigenvalue weighted by molar-refractivity contribution is 9.10. The number of hydrogen-bond acceptors (Lipinski definition) is 4. The molecule has 1 N–H and O–H groups in total. The van der Waals surface area contributed by atoms with E-state index in [-0.39, 0.29) is 10.6 Å². The van der Waals surface area contributed by atoms with Crippen LogP contribution in [0.5, 0.6) is 0 Å². The van der Waals surface area contributed by atoms with E-state index in [1.807, 2.05) is 5.38 Å². The summed E-state index contributed by atoms with van der Waals surface area (Å²) in [5.41, 5.74) is 1.71. The molecule has 0 spiro atoms. The molecule has 0 aliphatic rings. The molecule has 0 saturated heterocycles. The minimum Gasteiger partial charge on any atom is -0.380 e. The number of aryl methyl sites for hydroxylation is 1. The SMILES string of the molecule is Cc1cc(NCc2cc(Br)cs2)ccc1[N+](=O)[O-]. The number of nitrogens with one attached hydrogen (secondary N) is 1. The van der Waals surface area contributed by atoms with E-state index in [1.54, 1.807) is 30.4 Å². The Morgan fingerprint density at radius 2 is 2.22 bits per heavy atom. The van der Waals surface area contributed by atoms with E-state index in [1.165, 1.54) is 10.9 Å². The first-order chi connectivity index (χ1) is 8.56. The summed E-state index contributed by atoms with van der Waals surface area (Å²) in [5.74, 6) is 0. The Balaban J connectivity index is 2.06. The van der Waals surface area contributed by atoms with Gasteiger partial charge in [-0.2, -0.15) is 0 Å². The first-order valence-electron chi connectivity index (χ1n) is 5.28. The zero-order valence-corrected chi connectivity index (χ0v) is 12.0. The molecule has 0 radical (unpaired) electrons. The second kappa shape index (κ2) is 5.49. The molecule has 4 nitrogen and oxygen atoms in total. The van der Waals surface area contributed by atoms with E-state index in [0.717, 1.165) is 10.2 Å². The molecular formula is C12H11BrN2O2S. The predicted molar refractivity (Wildman–Crippen MR) is 77.2 cm³/mol. The van der Waals surface area contributed by atoms with Crippen LogP contribution in [0.1, 0.15) is 10.4 Å². The van der Waals surface area contributed by atoms with Crippen LogP contribution in [0.4, 0.5) is 11.4 Å². The highest BCUT2D eigenvalue weighted by atomic mass is 79.9. The van der Waals surface area contributed by atoms with Crippen LogP contribution < -0.4 is 5.32 Å². The third-order valence-corrected chi connectivity index (χ3v) is 4.18. The highest BCUT2D eigenvalue weighted by Crippen LogP contribution is 2.24. The molecule has 0 fully saturated rings. The van der Waals surface area contributed by atoms with Crippen molar-refractivity contribution in [3.05, 3.63) is 54.7 Å². The predicted octanol–water partition coefficient (Wildman–Crippen LogP) is 4.34. The van der Waals surface area contributed by atoms with Crippen molar-refractivity contribution >= 4 is 38.6 Å². The van der Waals surface area contributed by atoms with Crippen molar-refractivity contribution in [2.75, 3.05) is 5.32 Å². The summed E-state index contributed by atoms with van der Waals surface area (Å²) in [6, 6.07) is 7.10. The lowest BCUT2D eigenvalue weighted by Gasteiger charge is -2.06. The molecule has 0 atom stereocenters. The molecule has 0 saturated carbocycles. The Hall–Kier alpha value is -1.40. The second-order valence-corrected chi connectivity index (χ2v) is 5.75. The van der Waals surface area contributed by atoms with E-state index in [9.17, 15) is 10.1 Å². The van der Waals surface area contributed by atoms with E-state index >= 15 is 0 Å². The van der Waals surface area contributed by atoms with Crippen molar-refractivity contribution in [1.82, 2.24) is 0 Å². The number of nitro benzene ring substituents is 1. The molecule has 94 valence electrons. The summed E-state index contributed by atoms with van der Waals surface area (Å²) in [7, 11) is 0. The Labute approximate surface area is 117 Å². The topological polar surface area (TPSA) is 55.2 Å². The molecule has 6 heteroatoms. The number of benzene rings is 1. The monoisotopic (exact) mass is 326 g/mol. The fraction of sp³-hybridized carbons (Fsp3) is 0.167. The van der Waals surface area contributed by atoms with Gasteiger partial charge in [0.05, 0.1) is 4.92 Å². The van der Waals surface area contributed by atoms with Crippen LogP contribution in [-0.2, 0) is 6.54 Å². The first-order valence-corrected chi connectivity index (χ1v) is 6.95. The molecule has 2 rings (SSSR count). The fourth-order valence-corrected chi connectivity index (χ4v) is 3.00. The van der Waals surface area contributed by atoms with E-state index in [2.05, 4.69) is 27.3 Å². The van der Waals surface area contributed by atoms with Crippen LogP contribution in [0.25, 0.3) is 0 Å². The van der Waals surface area contributed by atoms with Crippen LogP contribution in [0.15, 0.2) is 34.1 Å². The van der Waals surface area contributed by atoms with Crippen molar-refractivity contribution in [3.8, 4) is 0 Å². The summed E-state index contributed by atoms with van der Waals surface area (Å²) >= 11 is 5.07. The van der Waals surface area contributed by atoms with Crippen molar-refractivity contribution in [2.24, 2.45) is 0 Å². The van der Waals surface area contributed by atoms with Gasteiger partial charge in [-0.15, -0.1) is 11.3 Å². The van der Waals surface area contributed by atoms with Gasteiger partial charge in [0.25, 0.3) is 5.69 Å². The molecule has 1 aromatic heterocycles. The first kappa shape index (κ1) is 13.0. The normalized spacial score (nSPS) is 10.3. The summed E-state index contributed by atoms with van der Waals surface area (Å²) in [4.78, 5) is 11.5. The summed E-state index contributed by atoms with van der Waals surface area (Å²) < 4.78 is 1.07. The van der Waals surface area contributed by atoms with E-state index < -0.39 is 0 Å². The van der Waals surface area contributed by atoms with E-state index in [4.69, 9.17) is 0 Å². The number of hydrogen-bond donors (Lipinski definition) is 1. The molecule has 0 aliphatic heterocycles. The lowest BCUT2D eigenvalue weighted by Crippen LogP contribution is -1.99. The maximum Gasteiger partial charge on any atom is 0.272 e. The Bertz CT molecular complexity index is 583. The minimum absolute atomic E-state index is 0.152. The van der Waals surface area contributed by atoms with Crippen LogP contribution in [0.2, 0.25) is 0 Å². The molecule has 0 aliphatic carbocycles. The van der Waals surface area contributed by atoms with Gasteiger partial charge in [-0.05, 0) is 41.1 Å². The van der Waals surface area contributed by atoms with Gasteiger partial charge >= 0.3 is 0 Å². The van der Waals surface area contributed by atoms with Gasteiger partial charge in [0, 0.05) is 38.6 Å². The third-order valence-electron chi connectivity index (χ3n) is 2.48. The zero-order chi connectivity index (χ0) is 13.1. The number of anilines is 1. The molecule has 1 aromatic carbocycles. The van der Waals surface area contributed by atoms with Crippen molar-refractivity contribution in [2.45, 2.75) is 13.5 Å². The van der Waals surface area contributed by atoms with Gasteiger partial charge in [-0.25, -0.2) is 0 Å². The summed E-state index contributed by atoms with van der Waals surface area (Å²) in [5, 5.41) is 16.0. The molecule has 0 amide bonds. The van der Waals surface area contributed by atoms with E-state index in [0.29, 0.717) is 12.1 Å². The van der Waals surface area contributed by atoms with Gasteiger partial charge < -0.3 is 5.32 Å². The number of halogens is 1. The number of rotatable bonds is 4. The average Bonchev–Trinajstić information content (AvgIpc) is 2.72. The highest BCUT2D eigenvalue weighted by Gasteiger charge is 2.09. The van der Waals surface area contributed by atoms with Gasteiger partial charge in [-0.1, -0.05) is 0 Å². The van der Waals surface area contributed by atoms with Crippen molar-refractivity contribution in [1.29, 1.82) is 0 Å². The van der Waals surface area contributed by atoms with Crippen LogP contribution in [-0.4, -0.2) is 4.92 Å². The zero-order valence-electron chi connectivity index (χ0n) is 9.64. The minimum atomic E-state index is -0.366. The largest absolute Gasteiger partial charge is 0.380 e. The van der Waals surface area contributed by atoms with Crippen LogP contribution in [0.3, 0.4) is 0 Å². The second-order valence-electron chi connectivity index (χ2n) is 3.84. The van der Waals surface area contributed by atoms with Gasteiger partial charge in [0.2, 0.25) is 0 Å². The molecule has 0 bridgehead atoms. The number of nitrogens with zero attached hydrogens (tertiary/aromatic N) is 1. The molecule has 0 unspecified atom stereocenters.